The van der Waals surface area contributed by atoms with Crippen molar-refractivity contribution in [2.75, 3.05) is 0 Å². The van der Waals surface area contributed by atoms with E-state index in [1.54, 1.807) is 0 Å². The molecule has 0 aromatic heterocycles. The van der Waals surface area contributed by atoms with Crippen molar-refractivity contribution in [3.05, 3.63) is 35.9 Å². The fourth-order valence-electron chi connectivity index (χ4n) is 1.72. The first kappa shape index (κ1) is 8.30. The third-order valence-corrected chi connectivity index (χ3v) is 2.39. The number of hydrogen-bond acceptors (Lipinski definition) is 2. The molecule has 0 saturated carbocycles. The summed E-state index contributed by atoms with van der Waals surface area (Å²) in [5, 5.41) is 0. The highest BCUT2D eigenvalue weighted by Crippen LogP contribution is 2.34. The van der Waals surface area contributed by atoms with Crippen LogP contribution in [0.4, 0.5) is 0 Å². The predicted octanol–water partition coefficient (Wildman–Crippen LogP) is 2.31. The van der Waals surface area contributed by atoms with E-state index in [1.165, 1.54) is 0 Å². The van der Waals surface area contributed by atoms with Gasteiger partial charge in [0.1, 0.15) is 6.10 Å². The highest BCUT2D eigenvalue weighted by atomic mass is 16.5. The molecule has 2 nitrogen and oxygen atoms in total. The van der Waals surface area contributed by atoms with Crippen molar-refractivity contribution in [1.82, 2.24) is 0 Å². The molecule has 0 aliphatic carbocycles. The van der Waals surface area contributed by atoms with Crippen LogP contribution in [0, 0.1) is 5.92 Å². The van der Waals surface area contributed by atoms with Gasteiger partial charge in [-0.3, -0.25) is 4.79 Å². The second-order valence-corrected chi connectivity index (χ2v) is 3.50. The molecule has 0 unspecified atom stereocenters. The highest BCUT2D eigenvalue weighted by molar-refractivity contribution is 5.72. The molecular formula is C11H12O2. The van der Waals surface area contributed by atoms with Gasteiger partial charge in [0.05, 0.1) is 6.42 Å². The quantitative estimate of drug-likeness (QED) is 0.614. The summed E-state index contributed by atoms with van der Waals surface area (Å²) in [6.07, 6.45) is 0.508. The molecule has 1 aromatic rings. The van der Waals surface area contributed by atoms with Crippen LogP contribution in [0.1, 0.15) is 25.0 Å². The lowest BCUT2D eigenvalue weighted by Crippen LogP contribution is -2.03. The smallest absolute Gasteiger partial charge is 0.306 e. The number of esters is 1. The molecule has 0 bridgehead atoms. The highest BCUT2D eigenvalue weighted by Gasteiger charge is 2.32. The van der Waals surface area contributed by atoms with Gasteiger partial charge in [0.2, 0.25) is 0 Å². The molecule has 1 aromatic carbocycles. The number of hydrogen-bond donors (Lipinski definition) is 0. The monoisotopic (exact) mass is 176 g/mol. The van der Waals surface area contributed by atoms with Gasteiger partial charge in [-0.25, -0.2) is 0 Å². The summed E-state index contributed by atoms with van der Waals surface area (Å²) >= 11 is 0. The van der Waals surface area contributed by atoms with Crippen LogP contribution in [0.2, 0.25) is 0 Å². The zero-order valence-electron chi connectivity index (χ0n) is 7.57. The molecule has 2 atom stereocenters. The van der Waals surface area contributed by atoms with Crippen LogP contribution < -0.4 is 0 Å². The van der Waals surface area contributed by atoms with Gasteiger partial charge in [-0.2, -0.15) is 0 Å². The number of ether oxygens (including phenoxy) is 1. The number of rotatable bonds is 1. The summed E-state index contributed by atoms with van der Waals surface area (Å²) in [6.45, 7) is 2.04. The zero-order chi connectivity index (χ0) is 9.26. The Kier molecular flexibility index (Phi) is 2.05. The molecule has 1 aliphatic rings. The molecule has 1 fully saturated rings. The molecule has 0 N–H and O–H groups in total. The van der Waals surface area contributed by atoms with Crippen LogP contribution in [0.25, 0.3) is 0 Å². The molecule has 0 amide bonds. The number of benzene rings is 1. The minimum Gasteiger partial charge on any atom is -0.457 e. The minimum atomic E-state index is -0.0821. The Morgan fingerprint density at radius 2 is 2.00 bits per heavy atom. The molecule has 0 radical (unpaired) electrons. The van der Waals surface area contributed by atoms with Gasteiger partial charge in [0.15, 0.2) is 0 Å². The second kappa shape index (κ2) is 3.21. The number of carbonyl (C=O) groups is 1. The van der Waals surface area contributed by atoms with E-state index in [-0.39, 0.29) is 12.1 Å². The maximum Gasteiger partial charge on any atom is 0.306 e. The van der Waals surface area contributed by atoms with E-state index < -0.39 is 0 Å². The topological polar surface area (TPSA) is 26.3 Å². The van der Waals surface area contributed by atoms with E-state index in [2.05, 4.69) is 0 Å². The molecule has 13 heavy (non-hydrogen) atoms. The van der Waals surface area contributed by atoms with E-state index in [0.29, 0.717) is 12.3 Å². The third kappa shape index (κ3) is 1.57. The van der Waals surface area contributed by atoms with E-state index in [4.69, 9.17) is 4.74 Å². The summed E-state index contributed by atoms with van der Waals surface area (Å²) in [6, 6.07) is 9.90. The summed E-state index contributed by atoms with van der Waals surface area (Å²) in [7, 11) is 0. The Labute approximate surface area is 77.5 Å². The fraction of sp³-hybridized carbons (Fsp3) is 0.364. The van der Waals surface area contributed by atoms with Crippen molar-refractivity contribution in [1.29, 1.82) is 0 Å². The van der Waals surface area contributed by atoms with Crippen molar-refractivity contribution in [3.63, 3.8) is 0 Å². The van der Waals surface area contributed by atoms with Crippen molar-refractivity contribution in [2.24, 2.45) is 5.92 Å². The van der Waals surface area contributed by atoms with Crippen LogP contribution in [0.5, 0.6) is 0 Å². The number of cyclic esters (lactones) is 1. The van der Waals surface area contributed by atoms with E-state index in [0.717, 1.165) is 5.56 Å². The molecule has 2 heteroatoms. The van der Waals surface area contributed by atoms with Crippen molar-refractivity contribution >= 4 is 5.97 Å². The van der Waals surface area contributed by atoms with Gasteiger partial charge < -0.3 is 4.74 Å². The van der Waals surface area contributed by atoms with Gasteiger partial charge in [-0.1, -0.05) is 37.3 Å². The molecule has 0 spiro atoms. The van der Waals surface area contributed by atoms with Crippen molar-refractivity contribution in [2.45, 2.75) is 19.4 Å². The Balaban J connectivity index is 2.23. The Morgan fingerprint density at radius 3 is 2.54 bits per heavy atom. The van der Waals surface area contributed by atoms with Crippen molar-refractivity contribution < 1.29 is 9.53 Å². The van der Waals surface area contributed by atoms with Crippen LogP contribution in [-0.2, 0) is 9.53 Å². The zero-order valence-corrected chi connectivity index (χ0v) is 7.57. The predicted molar refractivity (Wildman–Crippen MR) is 49.1 cm³/mol. The first-order chi connectivity index (χ1) is 6.27. The summed E-state index contributed by atoms with van der Waals surface area (Å²) in [5.74, 6) is 0.219. The third-order valence-electron chi connectivity index (χ3n) is 2.39. The fourth-order valence-corrected chi connectivity index (χ4v) is 1.72. The molecular weight excluding hydrogens is 164 g/mol. The van der Waals surface area contributed by atoms with Crippen LogP contribution in [0.15, 0.2) is 30.3 Å². The van der Waals surface area contributed by atoms with E-state index >= 15 is 0 Å². The summed E-state index contributed by atoms with van der Waals surface area (Å²) in [5.41, 5.74) is 1.10. The normalized spacial score (nSPS) is 27.3. The molecule has 1 aliphatic heterocycles. The van der Waals surface area contributed by atoms with Gasteiger partial charge >= 0.3 is 5.97 Å². The first-order valence-electron chi connectivity index (χ1n) is 4.52. The molecule has 1 saturated heterocycles. The maximum absolute atomic E-state index is 11.0. The van der Waals surface area contributed by atoms with E-state index in [9.17, 15) is 4.79 Å². The Morgan fingerprint density at radius 1 is 1.31 bits per heavy atom. The Bertz CT molecular complexity index is 305. The first-order valence-corrected chi connectivity index (χ1v) is 4.52. The van der Waals surface area contributed by atoms with Crippen molar-refractivity contribution in [3.8, 4) is 0 Å². The summed E-state index contributed by atoms with van der Waals surface area (Å²) in [4.78, 5) is 11.0. The van der Waals surface area contributed by atoms with Crippen LogP contribution >= 0.6 is 0 Å². The average Bonchev–Trinajstić information content (AvgIpc) is 2.47. The Hall–Kier alpha value is -1.31. The van der Waals surface area contributed by atoms with Crippen LogP contribution in [0.3, 0.4) is 0 Å². The SMILES string of the molecule is C[C@@H]1CC(=O)O[C@H]1c1ccccc1. The standard InChI is InChI=1S/C11H12O2/c1-8-7-10(12)13-11(8)9-5-3-2-4-6-9/h2-6,8,11H,7H2,1H3/t8-,11-/m1/s1. The summed E-state index contributed by atoms with van der Waals surface area (Å²) < 4.78 is 5.22. The van der Waals surface area contributed by atoms with Crippen LogP contribution in [-0.4, -0.2) is 5.97 Å². The lowest BCUT2D eigenvalue weighted by atomic mass is 9.97. The van der Waals surface area contributed by atoms with Gasteiger partial charge in [0.25, 0.3) is 0 Å². The van der Waals surface area contributed by atoms with E-state index in [1.807, 2.05) is 37.3 Å². The second-order valence-electron chi connectivity index (χ2n) is 3.50. The lowest BCUT2D eigenvalue weighted by molar-refractivity contribution is -0.141. The van der Waals surface area contributed by atoms with Gasteiger partial charge in [0, 0.05) is 5.92 Å². The number of carbonyl (C=O) groups excluding carboxylic acids is 1. The maximum atomic E-state index is 11.0. The molecule has 2 rings (SSSR count). The van der Waals surface area contributed by atoms with Gasteiger partial charge in [-0.05, 0) is 5.56 Å². The van der Waals surface area contributed by atoms with Gasteiger partial charge in [-0.15, -0.1) is 0 Å². The molecule has 68 valence electrons. The minimum absolute atomic E-state index is 0.0336. The molecule has 1 heterocycles. The average molecular weight is 176 g/mol. The lowest BCUT2D eigenvalue weighted by Gasteiger charge is -2.13. The largest absolute Gasteiger partial charge is 0.457 e.